The highest BCUT2D eigenvalue weighted by molar-refractivity contribution is 5.26. The number of aryl methyl sites for hydroxylation is 1. The van der Waals surface area contributed by atoms with E-state index in [0.29, 0.717) is 19.8 Å². The number of aliphatic hydroxyl groups is 1. The zero-order valence-corrected chi connectivity index (χ0v) is 11.7. The Balaban J connectivity index is 1.94. The van der Waals surface area contributed by atoms with E-state index in [0.717, 1.165) is 37.7 Å². The molecule has 0 aliphatic carbocycles. The highest BCUT2D eigenvalue weighted by atomic mass is 16.7. The molecular formula is C16H24O3. The van der Waals surface area contributed by atoms with Crippen LogP contribution in [0.1, 0.15) is 43.7 Å². The Bertz CT molecular complexity index is 366. The van der Waals surface area contributed by atoms with Crippen molar-refractivity contribution in [2.24, 2.45) is 0 Å². The molecule has 0 radical (unpaired) electrons. The van der Waals surface area contributed by atoms with Crippen molar-refractivity contribution in [3.8, 4) is 0 Å². The first-order valence-corrected chi connectivity index (χ1v) is 7.29. The van der Waals surface area contributed by atoms with Crippen LogP contribution in [0.5, 0.6) is 0 Å². The molecule has 1 aromatic carbocycles. The third kappa shape index (κ3) is 3.56. The summed E-state index contributed by atoms with van der Waals surface area (Å²) in [5, 5.41) is 8.75. The maximum absolute atomic E-state index is 8.75. The minimum absolute atomic E-state index is 0.298. The van der Waals surface area contributed by atoms with Crippen LogP contribution in [0, 0.1) is 0 Å². The maximum Gasteiger partial charge on any atom is 0.194 e. The van der Waals surface area contributed by atoms with Crippen molar-refractivity contribution in [1.82, 2.24) is 0 Å². The number of hydrogen-bond acceptors (Lipinski definition) is 3. The van der Waals surface area contributed by atoms with Crippen LogP contribution in [0.2, 0.25) is 0 Å². The molecule has 1 fully saturated rings. The molecule has 1 aliphatic rings. The van der Waals surface area contributed by atoms with Crippen molar-refractivity contribution in [2.75, 3.05) is 19.8 Å². The summed E-state index contributed by atoms with van der Waals surface area (Å²) in [6, 6.07) is 8.57. The summed E-state index contributed by atoms with van der Waals surface area (Å²) >= 11 is 0. The lowest BCUT2D eigenvalue weighted by molar-refractivity contribution is -0.167. The second-order valence-corrected chi connectivity index (χ2v) is 5.03. The second kappa shape index (κ2) is 7.04. The molecule has 1 aromatic rings. The van der Waals surface area contributed by atoms with E-state index in [4.69, 9.17) is 14.6 Å². The number of ether oxygens (including phenoxy) is 2. The quantitative estimate of drug-likeness (QED) is 0.769. The zero-order valence-electron chi connectivity index (χ0n) is 11.7. The molecule has 0 amide bonds. The van der Waals surface area contributed by atoms with Gasteiger partial charge in [0.25, 0.3) is 0 Å². The number of benzene rings is 1. The van der Waals surface area contributed by atoms with Gasteiger partial charge >= 0.3 is 0 Å². The van der Waals surface area contributed by atoms with E-state index in [1.54, 1.807) is 0 Å². The van der Waals surface area contributed by atoms with Crippen molar-refractivity contribution in [3.63, 3.8) is 0 Å². The summed E-state index contributed by atoms with van der Waals surface area (Å²) in [5.74, 6) is -0.518. The molecule has 0 atom stereocenters. The van der Waals surface area contributed by atoms with Gasteiger partial charge < -0.3 is 14.6 Å². The fourth-order valence-electron chi connectivity index (χ4n) is 2.57. The van der Waals surface area contributed by atoms with Gasteiger partial charge in [0, 0.05) is 18.6 Å². The summed E-state index contributed by atoms with van der Waals surface area (Å²) in [4.78, 5) is 0. The monoisotopic (exact) mass is 264 g/mol. The zero-order chi connectivity index (χ0) is 13.6. The van der Waals surface area contributed by atoms with Crippen molar-refractivity contribution < 1.29 is 14.6 Å². The summed E-state index contributed by atoms with van der Waals surface area (Å²) < 4.78 is 11.6. The fraction of sp³-hybridized carbons (Fsp3) is 0.625. The van der Waals surface area contributed by atoms with Gasteiger partial charge in [-0.2, -0.15) is 0 Å². The lowest BCUT2D eigenvalue weighted by Gasteiger charge is -2.26. The van der Waals surface area contributed by atoms with Gasteiger partial charge in [-0.05, 0) is 24.8 Å². The highest BCUT2D eigenvalue weighted by Gasteiger charge is 2.36. The Hall–Kier alpha value is -0.900. The van der Waals surface area contributed by atoms with Gasteiger partial charge in [-0.1, -0.05) is 37.6 Å². The van der Waals surface area contributed by atoms with E-state index < -0.39 is 5.79 Å². The lowest BCUT2D eigenvalue weighted by atomic mass is 9.99. The third-order valence-electron chi connectivity index (χ3n) is 3.74. The Kier molecular flexibility index (Phi) is 5.37. The largest absolute Gasteiger partial charge is 0.396 e. The Morgan fingerprint density at radius 1 is 1.05 bits per heavy atom. The molecule has 2 rings (SSSR count). The van der Waals surface area contributed by atoms with Crippen molar-refractivity contribution in [3.05, 3.63) is 35.4 Å². The molecular weight excluding hydrogens is 240 g/mol. The summed E-state index contributed by atoms with van der Waals surface area (Å²) in [6.45, 7) is 3.74. The maximum atomic E-state index is 8.75. The predicted octanol–water partition coefficient (Wildman–Crippen LogP) is 3.00. The van der Waals surface area contributed by atoms with Gasteiger partial charge in [0.15, 0.2) is 5.79 Å². The van der Waals surface area contributed by atoms with Gasteiger partial charge in [0.2, 0.25) is 0 Å². The molecule has 106 valence electrons. The first kappa shape index (κ1) is 14.5. The molecule has 1 saturated heterocycles. The van der Waals surface area contributed by atoms with E-state index in [9.17, 15) is 0 Å². The molecule has 1 aliphatic heterocycles. The minimum Gasteiger partial charge on any atom is -0.396 e. The fourth-order valence-corrected chi connectivity index (χ4v) is 2.57. The molecule has 0 saturated carbocycles. The number of hydrogen-bond donors (Lipinski definition) is 1. The Morgan fingerprint density at radius 2 is 1.74 bits per heavy atom. The average Bonchev–Trinajstić information content (AvgIpc) is 2.94. The molecule has 3 heteroatoms. The molecule has 1 heterocycles. The minimum atomic E-state index is -0.518. The van der Waals surface area contributed by atoms with Crippen LogP contribution in [0.15, 0.2) is 24.3 Å². The van der Waals surface area contributed by atoms with Crippen molar-refractivity contribution in [2.45, 2.75) is 44.8 Å². The summed E-state index contributed by atoms with van der Waals surface area (Å²) in [7, 11) is 0. The number of unbranched alkanes of at least 4 members (excludes halogenated alkanes) is 2. The van der Waals surface area contributed by atoms with Crippen molar-refractivity contribution in [1.29, 1.82) is 0 Å². The standard InChI is InChI=1S/C16H24O3/c1-2-16(18-12-13-19-16)15-9-7-14(8-10-15)6-4-3-5-11-17/h7-10,17H,2-6,11-13H2,1H3. The smallest absolute Gasteiger partial charge is 0.194 e. The van der Waals surface area contributed by atoms with Gasteiger partial charge in [0.1, 0.15) is 0 Å². The van der Waals surface area contributed by atoms with E-state index in [-0.39, 0.29) is 0 Å². The van der Waals surface area contributed by atoms with Gasteiger partial charge in [-0.15, -0.1) is 0 Å². The average molecular weight is 264 g/mol. The molecule has 0 bridgehead atoms. The van der Waals surface area contributed by atoms with Gasteiger partial charge in [-0.3, -0.25) is 0 Å². The Labute approximate surface area is 115 Å². The van der Waals surface area contributed by atoms with Crippen LogP contribution < -0.4 is 0 Å². The van der Waals surface area contributed by atoms with Crippen LogP contribution in [-0.2, 0) is 21.7 Å². The number of rotatable bonds is 7. The molecule has 19 heavy (non-hydrogen) atoms. The molecule has 3 nitrogen and oxygen atoms in total. The SMILES string of the molecule is CCC1(c2ccc(CCCCCO)cc2)OCCO1. The topological polar surface area (TPSA) is 38.7 Å². The van der Waals surface area contributed by atoms with Gasteiger partial charge in [-0.25, -0.2) is 0 Å². The lowest BCUT2D eigenvalue weighted by Crippen LogP contribution is -2.25. The van der Waals surface area contributed by atoms with E-state index in [1.165, 1.54) is 5.56 Å². The van der Waals surface area contributed by atoms with Crippen LogP contribution in [-0.4, -0.2) is 24.9 Å². The van der Waals surface area contributed by atoms with Gasteiger partial charge in [0.05, 0.1) is 13.2 Å². The Morgan fingerprint density at radius 3 is 2.32 bits per heavy atom. The molecule has 1 N–H and O–H groups in total. The molecule has 0 spiro atoms. The molecule has 0 unspecified atom stereocenters. The van der Waals surface area contributed by atoms with E-state index in [2.05, 4.69) is 31.2 Å². The van der Waals surface area contributed by atoms with Crippen LogP contribution in [0.4, 0.5) is 0 Å². The second-order valence-electron chi connectivity index (χ2n) is 5.03. The number of aliphatic hydroxyl groups excluding tert-OH is 1. The van der Waals surface area contributed by atoms with E-state index in [1.807, 2.05) is 0 Å². The van der Waals surface area contributed by atoms with Crippen LogP contribution in [0.25, 0.3) is 0 Å². The first-order chi connectivity index (χ1) is 9.30. The first-order valence-electron chi connectivity index (χ1n) is 7.29. The van der Waals surface area contributed by atoms with Crippen LogP contribution >= 0.6 is 0 Å². The molecule has 0 aromatic heterocycles. The van der Waals surface area contributed by atoms with E-state index >= 15 is 0 Å². The summed E-state index contributed by atoms with van der Waals surface area (Å²) in [5.41, 5.74) is 2.46. The third-order valence-corrected chi connectivity index (χ3v) is 3.74. The van der Waals surface area contributed by atoms with Crippen molar-refractivity contribution >= 4 is 0 Å². The predicted molar refractivity (Wildman–Crippen MR) is 75.0 cm³/mol. The highest BCUT2D eigenvalue weighted by Crippen LogP contribution is 2.34. The normalized spacial score (nSPS) is 17.8. The summed E-state index contributed by atoms with van der Waals surface area (Å²) in [6.07, 6.45) is 5.03. The van der Waals surface area contributed by atoms with Crippen LogP contribution in [0.3, 0.4) is 0 Å².